The lowest BCUT2D eigenvalue weighted by atomic mass is 9.90. The number of nitrogens with one attached hydrogen (secondary N) is 1. The first-order chi connectivity index (χ1) is 10.1. The molecule has 2 fully saturated rings. The van der Waals surface area contributed by atoms with Crippen LogP contribution >= 0.6 is 0 Å². The highest BCUT2D eigenvalue weighted by Crippen LogP contribution is 2.36. The third kappa shape index (κ3) is 3.67. The van der Waals surface area contributed by atoms with Crippen molar-refractivity contribution < 1.29 is 0 Å². The summed E-state index contributed by atoms with van der Waals surface area (Å²) < 4.78 is 0. The SMILES string of the molecule is CC1CNC(C2CC2)CN1C(C)(C)CCc1ccccc1. The molecule has 2 unspecified atom stereocenters. The second-order valence-corrected chi connectivity index (χ2v) is 7.65. The van der Waals surface area contributed by atoms with Crippen molar-refractivity contribution in [2.24, 2.45) is 5.92 Å². The number of benzene rings is 1. The third-order valence-electron chi connectivity index (χ3n) is 5.44. The standard InChI is InChI=1S/C19H30N2/c1-15-13-20-18(17-9-10-17)14-21(15)19(2,3)12-11-16-7-5-4-6-8-16/h4-8,15,17-18,20H,9-14H2,1-3H3. The molecule has 1 saturated heterocycles. The van der Waals surface area contributed by atoms with Crippen LogP contribution in [-0.2, 0) is 6.42 Å². The van der Waals surface area contributed by atoms with E-state index in [2.05, 4.69) is 61.3 Å². The Balaban J connectivity index is 1.61. The quantitative estimate of drug-likeness (QED) is 0.891. The van der Waals surface area contributed by atoms with Gasteiger partial charge in [-0.05, 0) is 57.9 Å². The average molecular weight is 286 g/mol. The van der Waals surface area contributed by atoms with E-state index in [9.17, 15) is 0 Å². The van der Waals surface area contributed by atoms with Crippen LogP contribution in [-0.4, -0.2) is 35.6 Å². The van der Waals surface area contributed by atoms with Gasteiger partial charge in [0.05, 0.1) is 0 Å². The molecular weight excluding hydrogens is 256 g/mol. The summed E-state index contributed by atoms with van der Waals surface area (Å²) in [6.07, 6.45) is 5.28. The zero-order chi connectivity index (χ0) is 14.9. The van der Waals surface area contributed by atoms with Gasteiger partial charge in [-0.1, -0.05) is 30.3 Å². The topological polar surface area (TPSA) is 15.3 Å². The van der Waals surface area contributed by atoms with Crippen molar-refractivity contribution in [3.63, 3.8) is 0 Å². The van der Waals surface area contributed by atoms with Crippen LogP contribution in [0.2, 0.25) is 0 Å². The molecule has 1 aromatic rings. The average Bonchev–Trinajstić information content (AvgIpc) is 3.31. The van der Waals surface area contributed by atoms with Gasteiger partial charge in [-0.3, -0.25) is 4.90 Å². The van der Waals surface area contributed by atoms with Gasteiger partial charge < -0.3 is 5.32 Å². The predicted octanol–water partition coefficient (Wildman–Crippen LogP) is 3.47. The normalized spacial score (nSPS) is 27.8. The van der Waals surface area contributed by atoms with Crippen molar-refractivity contribution in [2.75, 3.05) is 13.1 Å². The lowest BCUT2D eigenvalue weighted by Crippen LogP contribution is -2.62. The van der Waals surface area contributed by atoms with Crippen LogP contribution in [0.3, 0.4) is 0 Å². The van der Waals surface area contributed by atoms with Crippen molar-refractivity contribution in [1.82, 2.24) is 10.2 Å². The van der Waals surface area contributed by atoms with E-state index in [1.807, 2.05) is 0 Å². The lowest BCUT2D eigenvalue weighted by Gasteiger charge is -2.48. The molecule has 0 amide bonds. The minimum atomic E-state index is 0.282. The number of aryl methyl sites for hydroxylation is 1. The van der Waals surface area contributed by atoms with Crippen molar-refractivity contribution in [1.29, 1.82) is 0 Å². The first-order valence-electron chi connectivity index (χ1n) is 8.60. The van der Waals surface area contributed by atoms with Gasteiger partial charge in [-0.25, -0.2) is 0 Å². The Bertz CT molecular complexity index is 450. The molecule has 1 N–H and O–H groups in total. The summed E-state index contributed by atoms with van der Waals surface area (Å²) in [5.74, 6) is 0.949. The molecule has 2 heteroatoms. The zero-order valence-corrected chi connectivity index (χ0v) is 13.8. The van der Waals surface area contributed by atoms with Crippen LogP contribution in [0.5, 0.6) is 0 Å². The van der Waals surface area contributed by atoms with E-state index in [1.54, 1.807) is 0 Å². The van der Waals surface area contributed by atoms with Crippen LogP contribution in [0, 0.1) is 5.92 Å². The number of hydrogen-bond donors (Lipinski definition) is 1. The van der Waals surface area contributed by atoms with Crippen molar-refractivity contribution in [3.05, 3.63) is 35.9 Å². The molecule has 1 heterocycles. The van der Waals surface area contributed by atoms with Crippen LogP contribution in [0.15, 0.2) is 30.3 Å². The second-order valence-electron chi connectivity index (χ2n) is 7.65. The summed E-state index contributed by atoms with van der Waals surface area (Å²) in [5, 5.41) is 3.76. The molecule has 21 heavy (non-hydrogen) atoms. The molecule has 1 aliphatic carbocycles. The summed E-state index contributed by atoms with van der Waals surface area (Å²) in [7, 11) is 0. The Labute approximate surface area is 129 Å². The number of hydrogen-bond acceptors (Lipinski definition) is 2. The predicted molar refractivity (Wildman–Crippen MR) is 89.5 cm³/mol. The maximum Gasteiger partial charge on any atom is 0.0224 e. The number of nitrogens with zero attached hydrogens (tertiary/aromatic N) is 1. The van der Waals surface area contributed by atoms with Gasteiger partial charge >= 0.3 is 0 Å². The molecule has 2 aliphatic rings. The molecular formula is C19H30N2. The van der Waals surface area contributed by atoms with E-state index in [-0.39, 0.29) is 5.54 Å². The molecule has 1 aromatic carbocycles. The van der Waals surface area contributed by atoms with Gasteiger partial charge in [0.25, 0.3) is 0 Å². The molecule has 0 aromatic heterocycles. The molecule has 0 bridgehead atoms. The van der Waals surface area contributed by atoms with Gasteiger partial charge in [-0.2, -0.15) is 0 Å². The Morgan fingerprint density at radius 3 is 2.57 bits per heavy atom. The Hall–Kier alpha value is -0.860. The Kier molecular flexibility index (Phi) is 4.37. The van der Waals surface area contributed by atoms with E-state index in [0.29, 0.717) is 6.04 Å². The minimum Gasteiger partial charge on any atom is -0.311 e. The smallest absolute Gasteiger partial charge is 0.0224 e. The van der Waals surface area contributed by atoms with Gasteiger partial charge in [0.2, 0.25) is 0 Å². The second kappa shape index (κ2) is 6.10. The highest BCUT2D eigenvalue weighted by atomic mass is 15.3. The highest BCUT2D eigenvalue weighted by Gasteiger charge is 2.40. The lowest BCUT2D eigenvalue weighted by molar-refractivity contribution is 0.0292. The van der Waals surface area contributed by atoms with Gasteiger partial charge in [0.15, 0.2) is 0 Å². The minimum absolute atomic E-state index is 0.282. The molecule has 0 radical (unpaired) electrons. The maximum absolute atomic E-state index is 3.76. The molecule has 3 rings (SSSR count). The Morgan fingerprint density at radius 1 is 1.19 bits per heavy atom. The van der Waals surface area contributed by atoms with Crippen LogP contribution in [0.1, 0.15) is 45.6 Å². The third-order valence-corrected chi connectivity index (χ3v) is 5.44. The van der Waals surface area contributed by atoms with E-state index in [1.165, 1.54) is 37.8 Å². The summed E-state index contributed by atoms with van der Waals surface area (Å²) in [6, 6.07) is 12.3. The summed E-state index contributed by atoms with van der Waals surface area (Å²) in [5.41, 5.74) is 1.75. The molecule has 0 spiro atoms. The summed E-state index contributed by atoms with van der Waals surface area (Å²) in [4.78, 5) is 2.76. The van der Waals surface area contributed by atoms with E-state index < -0.39 is 0 Å². The van der Waals surface area contributed by atoms with Crippen LogP contribution < -0.4 is 5.32 Å². The zero-order valence-electron chi connectivity index (χ0n) is 13.8. The number of rotatable bonds is 5. The van der Waals surface area contributed by atoms with Gasteiger partial charge in [0, 0.05) is 30.7 Å². The summed E-state index contributed by atoms with van der Waals surface area (Å²) in [6.45, 7) is 9.62. The van der Waals surface area contributed by atoms with Crippen LogP contribution in [0.25, 0.3) is 0 Å². The van der Waals surface area contributed by atoms with Crippen LogP contribution in [0.4, 0.5) is 0 Å². The van der Waals surface area contributed by atoms with Gasteiger partial charge in [0.1, 0.15) is 0 Å². The maximum atomic E-state index is 3.76. The molecule has 1 aliphatic heterocycles. The van der Waals surface area contributed by atoms with E-state index in [0.717, 1.165) is 18.5 Å². The summed E-state index contributed by atoms with van der Waals surface area (Å²) >= 11 is 0. The van der Waals surface area contributed by atoms with Crippen molar-refractivity contribution in [3.8, 4) is 0 Å². The molecule has 116 valence electrons. The molecule has 2 nitrogen and oxygen atoms in total. The fourth-order valence-corrected chi connectivity index (χ4v) is 3.79. The van der Waals surface area contributed by atoms with Crippen molar-refractivity contribution >= 4 is 0 Å². The van der Waals surface area contributed by atoms with Crippen molar-refractivity contribution in [2.45, 2.75) is 64.1 Å². The number of piperazine rings is 1. The van der Waals surface area contributed by atoms with E-state index >= 15 is 0 Å². The Morgan fingerprint density at radius 2 is 1.90 bits per heavy atom. The monoisotopic (exact) mass is 286 g/mol. The molecule has 1 saturated carbocycles. The first-order valence-corrected chi connectivity index (χ1v) is 8.60. The van der Waals surface area contributed by atoms with Gasteiger partial charge in [-0.15, -0.1) is 0 Å². The highest BCUT2D eigenvalue weighted by molar-refractivity contribution is 5.15. The molecule has 2 atom stereocenters. The van der Waals surface area contributed by atoms with E-state index in [4.69, 9.17) is 0 Å². The first kappa shape index (κ1) is 15.1. The largest absolute Gasteiger partial charge is 0.311 e. The fraction of sp³-hybridized carbons (Fsp3) is 0.684. The fourth-order valence-electron chi connectivity index (χ4n) is 3.79.